The number of nitrogens with zero attached hydrogens (tertiary/aromatic N) is 2. The Balaban J connectivity index is 1.57. The van der Waals surface area contributed by atoms with E-state index >= 15 is 0 Å². The zero-order valence-corrected chi connectivity index (χ0v) is 17.6. The van der Waals surface area contributed by atoms with Gasteiger partial charge in [-0.05, 0) is 32.6 Å². The van der Waals surface area contributed by atoms with E-state index in [2.05, 4.69) is 41.4 Å². The van der Waals surface area contributed by atoms with E-state index in [-0.39, 0.29) is 29.4 Å². The topological polar surface area (TPSA) is 54.5 Å². The first-order chi connectivity index (χ1) is 12.5. The van der Waals surface area contributed by atoms with Gasteiger partial charge in [-0.25, -0.2) is 4.98 Å². The zero-order chi connectivity index (χ0) is 18.9. The number of piperidine rings is 1. The number of hydrogen-bond acceptors (Lipinski definition) is 5. The molecule has 1 aliphatic carbocycles. The minimum atomic E-state index is 0.0863. The van der Waals surface area contributed by atoms with Gasteiger partial charge < -0.3 is 15.0 Å². The van der Waals surface area contributed by atoms with E-state index in [9.17, 15) is 4.79 Å². The molecule has 0 bridgehead atoms. The maximum absolute atomic E-state index is 12.9. The number of carbonyl (C=O) groups excluding carboxylic acids is 1. The van der Waals surface area contributed by atoms with Gasteiger partial charge in [-0.15, -0.1) is 11.3 Å². The molecule has 1 aliphatic heterocycles. The van der Waals surface area contributed by atoms with E-state index in [0.717, 1.165) is 49.6 Å². The quantitative estimate of drug-likeness (QED) is 0.820. The lowest BCUT2D eigenvalue weighted by molar-refractivity contribution is -0.173. The Morgan fingerprint density at radius 3 is 2.54 bits per heavy atom. The summed E-state index contributed by atoms with van der Waals surface area (Å²) in [6.45, 7) is 10.5. The van der Waals surface area contributed by atoms with Crippen LogP contribution in [-0.2, 0) is 9.53 Å². The molecule has 1 aromatic rings. The van der Waals surface area contributed by atoms with Gasteiger partial charge in [0.2, 0.25) is 5.91 Å². The number of methoxy groups -OCH3 is 1. The monoisotopic (exact) mass is 379 g/mol. The molecule has 1 N–H and O–H groups in total. The molecule has 0 radical (unpaired) electrons. The van der Waals surface area contributed by atoms with Crippen LogP contribution in [0.4, 0.5) is 5.13 Å². The number of anilines is 1. The fourth-order valence-corrected chi connectivity index (χ4v) is 6.04. The van der Waals surface area contributed by atoms with E-state index in [1.807, 2.05) is 6.92 Å². The molecule has 3 atom stereocenters. The Morgan fingerprint density at radius 2 is 2.04 bits per heavy atom. The Hall–Kier alpha value is -1.14. The maximum Gasteiger partial charge on any atom is 0.223 e. The SMILES string of the molecule is CCC1(CC)[C@H](NC(=O)C2CCN(c3nc(C)cs3)CC2)[C@@H](C)[C@H]1OC. The number of carbonyl (C=O) groups is 1. The van der Waals surface area contributed by atoms with E-state index in [1.54, 1.807) is 18.4 Å². The molecule has 2 aliphatic rings. The average molecular weight is 380 g/mol. The Labute approximate surface area is 161 Å². The molecular formula is C20H33N3O2S. The van der Waals surface area contributed by atoms with Crippen LogP contribution in [0.25, 0.3) is 0 Å². The molecule has 2 fully saturated rings. The predicted molar refractivity (Wildman–Crippen MR) is 107 cm³/mol. The molecule has 1 saturated carbocycles. The van der Waals surface area contributed by atoms with Gasteiger partial charge in [0.1, 0.15) is 0 Å². The molecule has 1 saturated heterocycles. The summed E-state index contributed by atoms with van der Waals surface area (Å²) < 4.78 is 5.75. The Morgan fingerprint density at radius 1 is 1.38 bits per heavy atom. The number of amides is 1. The molecule has 0 spiro atoms. The van der Waals surface area contributed by atoms with Crippen molar-refractivity contribution < 1.29 is 9.53 Å². The Bertz CT molecular complexity index is 620. The van der Waals surface area contributed by atoms with Gasteiger partial charge in [0.05, 0.1) is 11.8 Å². The van der Waals surface area contributed by atoms with Gasteiger partial charge in [0, 0.05) is 48.9 Å². The molecule has 146 valence electrons. The van der Waals surface area contributed by atoms with Crippen LogP contribution in [0.1, 0.15) is 52.1 Å². The van der Waals surface area contributed by atoms with Crippen molar-refractivity contribution >= 4 is 22.4 Å². The second kappa shape index (κ2) is 7.85. The van der Waals surface area contributed by atoms with Crippen molar-refractivity contribution in [3.8, 4) is 0 Å². The molecule has 3 rings (SSSR count). The van der Waals surface area contributed by atoms with Gasteiger partial charge in [0.15, 0.2) is 5.13 Å². The van der Waals surface area contributed by atoms with Crippen molar-refractivity contribution in [1.29, 1.82) is 0 Å². The fourth-order valence-electron chi connectivity index (χ4n) is 5.19. The lowest BCUT2D eigenvalue weighted by Crippen LogP contribution is -2.70. The minimum absolute atomic E-state index is 0.0863. The smallest absolute Gasteiger partial charge is 0.223 e. The van der Waals surface area contributed by atoms with Gasteiger partial charge in [-0.1, -0.05) is 20.8 Å². The van der Waals surface area contributed by atoms with Gasteiger partial charge >= 0.3 is 0 Å². The number of aromatic nitrogens is 1. The minimum Gasteiger partial charge on any atom is -0.380 e. The average Bonchev–Trinajstić information content (AvgIpc) is 3.10. The van der Waals surface area contributed by atoms with Crippen LogP contribution < -0.4 is 10.2 Å². The summed E-state index contributed by atoms with van der Waals surface area (Å²) in [7, 11) is 1.80. The van der Waals surface area contributed by atoms with E-state index in [4.69, 9.17) is 4.74 Å². The van der Waals surface area contributed by atoms with Crippen LogP contribution in [0.5, 0.6) is 0 Å². The van der Waals surface area contributed by atoms with Crippen LogP contribution in [0.3, 0.4) is 0 Å². The molecule has 0 aromatic carbocycles. The second-order valence-corrected chi connectivity index (χ2v) is 8.81. The standard InChI is InChI=1S/C20H33N3O2S/c1-6-20(7-2)16(14(4)17(20)25-5)22-18(24)15-8-10-23(11-9-15)19-21-13(3)12-26-19/h12,14-17H,6-11H2,1-5H3,(H,22,24)/t14-,16-,17-/m1/s1. The number of rotatable bonds is 6. The molecular weight excluding hydrogens is 346 g/mol. The molecule has 1 aromatic heterocycles. The van der Waals surface area contributed by atoms with E-state index in [0.29, 0.717) is 5.92 Å². The lowest BCUT2D eigenvalue weighted by atomic mass is 9.53. The molecule has 6 heteroatoms. The molecule has 2 heterocycles. The number of hydrogen-bond donors (Lipinski definition) is 1. The highest BCUT2D eigenvalue weighted by molar-refractivity contribution is 7.13. The highest BCUT2D eigenvalue weighted by atomic mass is 32.1. The largest absolute Gasteiger partial charge is 0.380 e. The first-order valence-electron chi connectivity index (χ1n) is 9.97. The summed E-state index contributed by atoms with van der Waals surface area (Å²) in [6.07, 6.45) is 4.14. The summed E-state index contributed by atoms with van der Waals surface area (Å²) >= 11 is 1.70. The third-order valence-electron chi connectivity index (χ3n) is 6.80. The van der Waals surface area contributed by atoms with E-state index < -0.39 is 0 Å². The van der Waals surface area contributed by atoms with Gasteiger partial charge in [-0.2, -0.15) is 0 Å². The summed E-state index contributed by atoms with van der Waals surface area (Å²) in [4.78, 5) is 19.8. The van der Waals surface area contributed by atoms with Gasteiger partial charge in [0.25, 0.3) is 0 Å². The van der Waals surface area contributed by atoms with Crippen LogP contribution in [-0.4, -0.2) is 43.2 Å². The third-order valence-corrected chi connectivity index (χ3v) is 7.82. The predicted octanol–water partition coefficient (Wildman–Crippen LogP) is 3.62. The number of nitrogens with one attached hydrogen (secondary N) is 1. The van der Waals surface area contributed by atoms with Crippen molar-refractivity contribution in [3.63, 3.8) is 0 Å². The Kier molecular flexibility index (Phi) is 5.92. The first kappa shape index (κ1) is 19.6. The van der Waals surface area contributed by atoms with Crippen molar-refractivity contribution in [3.05, 3.63) is 11.1 Å². The first-order valence-corrected chi connectivity index (χ1v) is 10.8. The maximum atomic E-state index is 12.9. The van der Waals surface area contributed by atoms with Gasteiger partial charge in [-0.3, -0.25) is 4.79 Å². The van der Waals surface area contributed by atoms with Crippen LogP contribution in [0.15, 0.2) is 5.38 Å². The highest BCUT2D eigenvalue weighted by Gasteiger charge is 2.59. The lowest BCUT2D eigenvalue weighted by Gasteiger charge is -2.60. The van der Waals surface area contributed by atoms with Crippen molar-refractivity contribution in [2.75, 3.05) is 25.1 Å². The van der Waals surface area contributed by atoms with Crippen LogP contribution >= 0.6 is 11.3 Å². The molecule has 5 nitrogen and oxygen atoms in total. The third kappa shape index (κ3) is 3.26. The molecule has 0 unspecified atom stereocenters. The van der Waals surface area contributed by atoms with Crippen LogP contribution in [0.2, 0.25) is 0 Å². The van der Waals surface area contributed by atoms with Crippen molar-refractivity contribution in [2.24, 2.45) is 17.3 Å². The normalized spacial score (nSPS) is 28.7. The summed E-state index contributed by atoms with van der Waals surface area (Å²) in [5.74, 6) is 0.729. The number of aryl methyl sites for hydroxylation is 1. The van der Waals surface area contributed by atoms with Crippen molar-refractivity contribution in [2.45, 2.75) is 65.5 Å². The van der Waals surface area contributed by atoms with Crippen molar-refractivity contribution in [1.82, 2.24) is 10.3 Å². The summed E-state index contributed by atoms with van der Waals surface area (Å²) in [5, 5.41) is 6.58. The van der Waals surface area contributed by atoms with Crippen LogP contribution in [0, 0.1) is 24.2 Å². The summed E-state index contributed by atoms with van der Waals surface area (Å²) in [5.41, 5.74) is 1.16. The highest BCUT2D eigenvalue weighted by Crippen LogP contribution is 2.52. The fraction of sp³-hybridized carbons (Fsp3) is 0.800. The zero-order valence-electron chi connectivity index (χ0n) is 16.7. The number of thiazole rings is 1. The summed E-state index contributed by atoms with van der Waals surface area (Å²) in [6, 6.07) is 0.231. The molecule has 1 amide bonds. The molecule has 26 heavy (non-hydrogen) atoms. The van der Waals surface area contributed by atoms with E-state index in [1.165, 1.54) is 0 Å². The number of ether oxygens (including phenoxy) is 1. The second-order valence-electron chi connectivity index (χ2n) is 7.97.